The van der Waals surface area contributed by atoms with Crippen molar-refractivity contribution in [2.75, 3.05) is 5.73 Å². The summed E-state index contributed by atoms with van der Waals surface area (Å²) < 4.78 is 56.0. The molecule has 0 aliphatic heterocycles. The van der Waals surface area contributed by atoms with Crippen molar-refractivity contribution in [3.63, 3.8) is 0 Å². The molecule has 0 saturated carbocycles. The van der Waals surface area contributed by atoms with Crippen LogP contribution in [0.1, 0.15) is 5.56 Å². The molecule has 0 aliphatic carbocycles. The molecule has 3 nitrogen and oxygen atoms in total. The highest BCUT2D eigenvalue weighted by Gasteiger charge is 2.34. The van der Waals surface area contributed by atoms with Crippen molar-refractivity contribution in [2.24, 2.45) is 0 Å². The molecule has 0 unspecified atom stereocenters. The Morgan fingerprint density at radius 3 is 2.42 bits per heavy atom. The molecule has 0 aliphatic rings. The predicted octanol–water partition coefficient (Wildman–Crippen LogP) is 3.61. The first-order valence-electron chi connectivity index (χ1n) is 5.12. The van der Waals surface area contributed by atoms with Crippen LogP contribution < -0.4 is 10.5 Å². The number of aromatic nitrogens is 1. The number of nitrogen functional groups attached to an aromatic ring is 1. The van der Waals surface area contributed by atoms with E-state index in [0.29, 0.717) is 0 Å². The van der Waals surface area contributed by atoms with Crippen LogP contribution in [-0.2, 0) is 6.18 Å². The van der Waals surface area contributed by atoms with Crippen molar-refractivity contribution in [3.8, 4) is 11.6 Å². The summed E-state index contributed by atoms with van der Waals surface area (Å²) in [6, 6.07) is 5.29. The molecule has 0 amide bonds. The maximum absolute atomic E-state index is 12.8. The number of nitrogens with zero attached hydrogens (tertiary/aromatic N) is 1. The van der Waals surface area contributed by atoms with Gasteiger partial charge in [0.1, 0.15) is 17.1 Å². The molecule has 0 spiro atoms. The van der Waals surface area contributed by atoms with Crippen LogP contribution in [0.4, 0.5) is 23.2 Å². The number of halogens is 4. The SMILES string of the molecule is Nc1ccc(Oc2ccc(F)cn2)c(C(F)(F)F)c1. The zero-order valence-electron chi connectivity index (χ0n) is 9.41. The van der Waals surface area contributed by atoms with Gasteiger partial charge in [-0.25, -0.2) is 9.37 Å². The molecule has 2 aromatic rings. The van der Waals surface area contributed by atoms with Crippen molar-refractivity contribution < 1.29 is 22.3 Å². The molecule has 1 heterocycles. The average Bonchev–Trinajstić information content (AvgIpc) is 2.33. The van der Waals surface area contributed by atoms with Crippen LogP contribution in [0.15, 0.2) is 36.5 Å². The Kier molecular flexibility index (Phi) is 3.28. The zero-order valence-corrected chi connectivity index (χ0v) is 9.41. The molecule has 0 radical (unpaired) electrons. The number of rotatable bonds is 2. The van der Waals surface area contributed by atoms with E-state index in [-0.39, 0.29) is 11.6 Å². The van der Waals surface area contributed by atoms with E-state index in [2.05, 4.69) is 4.98 Å². The summed E-state index contributed by atoms with van der Waals surface area (Å²) >= 11 is 0. The lowest BCUT2D eigenvalue weighted by Gasteiger charge is -2.13. The second-order valence-corrected chi connectivity index (χ2v) is 3.67. The Bertz CT molecular complexity index is 581. The van der Waals surface area contributed by atoms with E-state index in [1.807, 2.05) is 0 Å². The quantitative estimate of drug-likeness (QED) is 0.671. The fraction of sp³-hybridized carbons (Fsp3) is 0.0833. The highest BCUT2D eigenvalue weighted by molar-refractivity contribution is 5.50. The summed E-state index contributed by atoms with van der Waals surface area (Å²) in [6.07, 6.45) is -3.76. The standard InChI is InChI=1S/C12H8F4N2O/c13-7-1-4-11(18-6-7)19-10-3-2-8(17)5-9(10)12(14,15)16/h1-6H,17H2. The molecule has 2 rings (SSSR count). The maximum atomic E-state index is 12.8. The average molecular weight is 272 g/mol. The first-order valence-corrected chi connectivity index (χ1v) is 5.12. The number of hydrogen-bond donors (Lipinski definition) is 1. The van der Waals surface area contributed by atoms with E-state index < -0.39 is 23.3 Å². The van der Waals surface area contributed by atoms with Gasteiger partial charge in [-0.2, -0.15) is 13.2 Å². The van der Waals surface area contributed by atoms with Gasteiger partial charge in [0.25, 0.3) is 0 Å². The minimum Gasteiger partial charge on any atom is -0.438 e. The van der Waals surface area contributed by atoms with E-state index in [1.54, 1.807) is 0 Å². The van der Waals surface area contributed by atoms with Gasteiger partial charge >= 0.3 is 6.18 Å². The molecule has 0 bridgehead atoms. The van der Waals surface area contributed by atoms with Gasteiger partial charge in [-0.15, -0.1) is 0 Å². The van der Waals surface area contributed by atoms with Crippen molar-refractivity contribution in [2.45, 2.75) is 6.18 Å². The fourth-order valence-corrected chi connectivity index (χ4v) is 1.39. The zero-order chi connectivity index (χ0) is 14.0. The lowest BCUT2D eigenvalue weighted by Crippen LogP contribution is -2.08. The minimum absolute atomic E-state index is 0.0354. The summed E-state index contributed by atoms with van der Waals surface area (Å²) in [6.45, 7) is 0. The van der Waals surface area contributed by atoms with Gasteiger partial charge in [0, 0.05) is 11.8 Å². The van der Waals surface area contributed by atoms with E-state index in [4.69, 9.17) is 10.5 Å². The summed E-state index contributed by atoms with van der Waals surface area (Å²) in [5, 5.41) is 0. The van der Waals surface area contributed by atoms with Crippen molar-refractivity contribution in [3.05, 3.63) is 47.9 Å². The number of hydrogen-bond acceptors (Lipinski definition) is 3. The van der Waals surface area contributed by atoms with Crippen LogP contribution in [0.3, 0.4) is 0 Å². The number of pyridine rings is 1. The van der Waals surface area contributed by atoms with E-state index in [0.717, 1.165) is 30.5 Å². The van der Waals surface area contributed by atoms with Gasteiger partial charge in [-0.05, 0) is 24.3 Å². The van der Waals surface area contributed by atoms with Gasteiger partial charge < -0.3 is 10.5 Å². The summed E-state index contributed by atoms with van der Waals surface area (Å²) in [5.74, 6) is -1.20. The Balaban J connectivity index is 2.37. The Labute approximate surface area is 105 Å². The molecule has 100 valence electrons. The van der Waals surface area contributed by atoms with E-state index in [1.165, 1.54) is 6.07 Å². The third-order valence-corrected chi connectivity index (χ3v) is 2.22. The highest BCUT2D eigenvalue weighted by Crippen LogP contribution is 2.38. The van der Waals surface area contributed by atoms with Crippen LogP contribution in [0.2, 0.25) is 0 Å². The highest BCUT2D eigenvalue weighted by atomic mass is 19.4. The van der Waals surface area contributed by atoms with Crippen LogP contribution >= 0.6 is 0 Å². The molecule has 0 atom stereocenters. The number of nitrogens with two attached hydrogens (primary N) is 1. The molecule has 19 heavy (non-hydrogen) atoms. The second-order valence-electron chi connectivity index (χ2n) is 3.67. The van der Waals surface area contributed by atoms with Gasteiger partial charge in [0.15, 0.2) is 0 Å². The molecular weight excluding hydrogens is 264 g/mol. The smallest absolute Gasteiger partial charge is 0.420 e. The third kappa shape index (κ3) is 3.12. The summed E-state index contributed by atoms with van der Waals surface area (Å²) in [7, 11) is 0. The Morgan fingerprint density at radius 2 is 1.84 bits per heavy atom. The molecule has 1 aromatic heterocycles. The first kappa shape index (κ1) is 13.1. The molecule has 2 N–H and O–H groups in total. The van der Waals surface area contributed by atoms with Gasteiger partial charge in [-0.3, -0.25) is 0 Å². The van der Waals surface area contributed by atoms with Crippen LogP contribution in [0, 0.1) is 5.82 Å². The Morgan fingerprint density at radius 1 is 1.11 bits per heavy atom. The van der Waals surface area contributed by atoms with Crippen molar-refractivity contribution in [1.29, 1.82) is 0 Å². The number of alkyl halides is 3. The monoisotopic (exact) mass is 272 g/mol. The van der Waals surface area contributed by atoms with Gasteiger partial charge in [0.2, 0.25) is 5.88 Å². The number of benzene rings is 1. The third-order valence-electron chi connectivity index (χ3n) is 2.22. The maximum Gasteiger partial charge on any atom is 0.420 e. The van der Waals surface area contributed by atoms with Crippen molar-refractivity contribution >= 4 is 5.69 Å². The molecule has 1 aromatic carbocycles. The van der Waals surface area contributed by atoms with E-state index >= 15 is 0 Å². The largest absolute Gasteiger partial charge is 0.438 e. The van der Waals surface area contributed by atoms with Crippen LogP contribution in [-0.4, -0.2) is 4.98 Å². The minimum atomic E-state index is -4.61. The van der Waals surface area contributed by atoms with Crippen LogP contribution in [0.25, 0.3) is 0 Å². The molecular formula is C12H8F4N2O. The number of anilines is 1. The molecule has 0 saturated heterocycles. The fourth-order valence-electron chi connectivity index (χ4n) is 1.39. The number of ether oxygens (including phenoxy) is 1. The Hall–Kier alpha value is -2.31. The van der Waals surface area contributed by atoms with Crippen LogP contribution in [0.5, 0.6) is 11.6 Å². The second kappa shape index (κ2) is 4.75. The van der Waals surface area contributed by atoms with E-state index in [9.17, 15) is 17.6 Å². The molecule has 7 heteroatoms. The lowest BCUT2D eigenvalue weighted by molar-refractivity contribution is -0.138. The summed E-state index contributed by atoms with van der Waals surface area (Å²) in [5.41, 5.74) is 4.27. The summed E-state index contributed by atoms with van der Waals surface area (Å²) in [4.78, 5) is 3.52. The first-order chi connectivity index (χ1) is 8.86. The van der Waals surface area contributed by atoms with Crippen molar-refractivity contribution in [1.82, 2.24) is 4.98 Å². The lowest BCUT2D eigenvalue weighted by atomic mass is 10.1. The van der Waals surface area contributed by atoms with Gasteiger partial charge in [0.05, 0.1) is 6.20 Å². The van der Waals surface area contributed by atoms with Gasteiger partial charge in [-0.1, -0.05) is 0 Å². The normalized spacial score (nSPS) is 11.4. The topological polar surface area (TPSA) is 48.1 Å². The molecule has 0 fully saturated rings. The predicted molar refractivity (Wildman–Crippen MR) is 60.1 cm³/mol.